The van der Waals surface area contributed by atoms with Gasteiger partial charge in [-0.3, -0.25) is 4.79 Å². The van der Waals surface area contributed by atoms with Gasteiger partial charge in [0.15, 0.2) is 5.13 Å². The van der Waals surface area contributed by atoms with Gasteiger partial charge in [-0.2, -0.15) is 5.26 Å². The van der Waals surface area contributed by atoms with Gasteiger partial charge in [0.25, 0.3) is 0 Å². The van der Waals surface area contributed by atoms with Crippen LogP contribution in [-0.2, 0) is 16.1 Å². The fourth-order valence-electron chi connectivity index (χ4n) is 5.31. The van der Waals surface area contributed by atoms with Crippen LogP contribution in [-0.4, -0.2) is 30.6 Å². The summed E-state index contributed by atoms with van der Waals surface area (Å²) in [5.74, 6) is 0.704. The number of carbonyl (C=O) groups is 1. The van der Waals surface area contributed by atoms with Gasteiger partial charge in [-0.25, -0.2) is 4.98 Å². The summed E-state index contributed by atoms with van der Waals surface area (Å²) in [5, 5.41) is 12.2. The summed E-state index contributed by atoms with van der Waals surface area (Å²) < 4.78 is 11.6. The van der Waals surface area contributed by atoms with Gasteiger partial charge in [-0.1, -0.05) is 35.9 Å². The van der Waals surface area contributed by atoms with Crippen molar-refractivity contribution in [1.82, 2.24) is 4.98 Å². The molecule has 1 saturated heterocycles. The third-order valence-electron chi connectivity index (χ3n) is 7.68. The average molecular weight is 566 g/mol. The highest BCUT2D eigenvalue weighted by Gasteiger charge is 2.27. The van der Waals surface area contributed by atoms with Gasteiger partial charge in [0.2, 0.25) is 0 Å². The lowest BCUT2D eigenvalue weighted by atomic mass is 9.96. The Kier molecular flexibility index (Phi) is 8.70. The molecule has 0 aliphatic carbocycles. The number of nitriles is 1. The van der Waals surface area contributed by atoms with Gasteiger partial charge in [0.05, 0.1) is 29.9 Å². The second kappa shape index (κ2) is 12.6. The van der Waals surface area contributed by atoms with E-state index in [0.717, 1.165) is 81.5 Å². The summed E-state index contributed by atoms with van der Waals surface area (Å²) in [6.45, 7) is 10.5. The van der Waals surface area contributed by atoms with Crippen LogP contribution in [0.5, 0.6) is 5.75 Å². The SMILES string of the molecule is CCOC(=O)C1CCN(c2nc(-c3cc(C)ccc3OCc3ccc(-c4ccc(C#N)cc4C)cc3C)cs2)CC1. The number of anilines is 1. The highest BCUT2D eigenvalue weighted by molar-refractivity contribution is 7.14. The van der Waals surface area contributed by atoms with Gasteiger partial charge in [-0.15, -0.1) is 11.3 Å². The van der Waals surface area contributed by atoms with Crippen LogP contribution in [0.1, 0.15) is 47.6 Å². The second-order valence-corrected chi connectivity index (χ2v) is 11.4. The number of aromatic nitrogens is 1. The number of hydrogen-bond donors (Lipinski definition) is 0. The Morgan fingerprint density at radius 1 is 1.02 bits per heavy atom. The topological polar surface area (TPSA) is 75.4 Å². The lowest BCUT2D eigenvalue weighted by Gasteiger charge is -2.30. The Bertz CT molecular complexity index is 1600. The van der Waals surface area contributed by atoms with E-state index < -0.39 is 0 Å². The van der Waals surface area contributed by atoms with Crippen molar-refractivity contribution in [3.63, 3.8) is 0 Å². The zero-order valence-electron chi connectivity index (χ0n) is 24.1. The van der Waals surface area contributed by atoms with E-state index in [-0.39, 0.29) is 11.9 Å². The van der Waals surface area contributed by atoms with Crippen LogP contribution in [0.3, 0.4) is 0 Å². The van der Waals surface area contributed by atoms with Gasteiger partial charge in [-0.05, 0) is 92.6 Å². The number of ether oxygens (including phenoxy) is 2. The molecule has 0 spiro atoms. The molecular weight excluding hydrogens is 530 g/mol. The van der Waals surface area contributed by atoms with E-state index in [1.54, 1.807) is 11.3 Å². The third-order valence-corrected chi connectivity index (χ3v) is 8.58. The van der Waals surface area contributed by atoms with Crippen LogP contribution in [0, 0.1) is 38.0 Å². The summed E-state index contributed by atoms with van der Waals surface area (Å²) >= 11 is 1.63. The van der Waals surface area contributed by atoms with Gasteiger partial charge < -0.3 is 14.4 Å². The lowest BCUT2D eigenvalue weighted by Crippen LogP contribution is -2.36. The van der Waals surface area contributed by atoms with Crippen molar-refractivity contribution in [3.8, 4) is 34.2 Å². The molecule has 3 aromatic carbocycles. The van der Waals surface area contributed by atoms with Crippen LogP contribution < -0.4 is 9.64 Å². The minimum Gasteiger partial charge on any atom is -0.488 e. The predicted molar refractivity (Wildman–Crippen MR) is 164 cm³/mol. The van der Waals surface area contributed by atoms with E-state index in [9.17, 15) is 10.1 Å². The van der Waals surface area contributed by atoms with Gasteiger partial charge >= 0.3 is 5.97 Å². The van der Waals surface area contributed by atoms with Crippen LogP contribution >= 0.6 is 11.3 Å². The zero-order chi connectivity index (χ0) is 28.9. The molecule has 0 unspecified atom stereocenters. The molecule has 0 saturated carbocycles. The smallest absolute Gasteiger partial charge is 0.309 e. The molecule has 4 aromatic rings. The van der Waals surface area contributed by atoms with Gasteiger partial charge in [0.1, 0.15) is 12.4 Å². The Labute approximate surface area is 246 Å². The molecular formula is C34H35N3O3S. The predicted octanol–water partition coefficient (Wildman–Crippen LogP) is 7.63. The maximum absolute atomic E-state index is 12.1. The first kappa shape index (κ1) is 28.4. The molecule has 210 valence electrons. The van der Waals surface area contributed by atoms with E-state index in [1.807, 2.05) is 38.1 Å². The lowest BCUT2D eigenvalue weighted by molar-refractivity contribution is -0.148. The van der Waals surface area contributed by atoms with E-state index in [0.29, 0.717) is 18.8 Å². The fourth-order valence-corrected chi connectivity index (χ4v) is 6.19. The number of thiazole rings is 1. The second-order valence-electron chi connectivity index (χ2n) is 10.6. The number of aryl methyl sites for hydroxylation is 3. The third kappa shape index (κ3) is 6.44. The highest BCUT2D eigenvalue weighted by Crippen LogP contribution is 2.36. The number of hydrogen-bond acceptors (Lipinski definition) is 7. The van der Waals surface area contributed by atoms with Crippen molar-refractivity contribution < 1.29 is 14.3 Å². The highest BCUT2D eigenvalue weighted by atomic mass is 32.1. The minimum absolute atomic E-state index is 0.0203. The molecule has 1 aliphatic rings. The molecule has 7 heteroatoms. The summed E-state index contributed by atoms with van der Waals surface area (Å²) in [6.07, 6.45) is 1.57. The largest absolute Gasteiger partial charge is 0.488 e. The first-order valence-corrected chi connectivity index (χ1v) is 15.0. The van der Waals surface area contributed by atoms with Crippen LogP contribution in [0.15, 0.2) is 60.0 Å². The van der Waals surface area contributed by atoms with Crippen molar-refractivity contribution in [2.75, 3.05) is 24.6 Å². The number of nitrogens with zero attached hydrogens (tertiary/aromatic N) is 3. The molecule has 41 heavy (non-hydrogen) atoms. The zero-order valence-corrected chi connectivity index (χ0v) is 24.9. The maximum Gasteiger partial charge on any atom is 0.309 e. The van der Waals surface area contributed by atoms with Crippen molar-refractivity contribution >= 4 is 22.4 Å². The first-order valence-electron chi connectivity index (χ1n) is 14.1. The van der Waals surface area contributed by atoms with E-state index in [2.05, 4.69) is 60.5 Å². The van der Waals surface area contributed by atoms with Crippen molar-refractivity contribution in [3.05, 3.63) is 87.8 Å². The summed E-state index contributed by atoms with van der Waals surface area (Å²) in [6, 6.07) is 20.7. The maximum atomic E-state index is 12.1. The number of carbonyl (C=O) groups excluding carboxylic acids is 1. The average Bonchev–Trinajstić information content (AvgIpc) is 3.47. The van der Waals surface area contributed by atoms with E-state index in [4.69, 9.17) is 14.5 Å². The summed E-state index contributed by atoms with van der Waals surface area (Å²) in [5.41, 5.74) is 9.33. The molecule has 2 heterocycles. The Morgan fingerprint density at radius 2 is 1.83 bits per heavy atom. The molecule has 1 fully saturated rings. The molecule has 0 radical (unpaired) electrons. The minimum atomic E-state index is -0.0808. The molecule has 0 bridgehead atoms. The van der Waals surface area contributed by atoms with Crippen LogP contribution in [0.25, 0.3) is 22.4 Å². The molecule has 6 nitrogen and oxygen atoms in total. The fraction of sp³-hybridized carbons (Fsp3) is 0.324. The number of piperidine rings is 1. The molecule has 1 aliphatic heterocycles. The first-order chi connectivity index (χ1) is 19.9. The summed E-state index contributed by atoms with van der Waals surface area (Å²) in [7, 11) is 0. The Balaban J connectivity index is 1.29. The Morgan fingerprint density at radius 3 is 2.54 bits per heavy atom. The van der Waals surface area contributed by atoms with Crippen molar-refractivity contribution in [2.24, 2.45) is 5.92 Å². The quantitative estimate of drug-likeness (QED) is 0.205. The normalized spacial score (nSPS) is 13.6. The van der Waals surface area contributed by atoms with Gasteiger partial charge in [0, 0.05) is 24.0 Å². The number of rotatable bonds is 8. The summed E-state index contributed by atoms with van der Waals surface area (Å²) in [4.78, 5) is 19.4. The van der Waals surface area contributed by atoms with Crippen LogP contribution in [0.4, 0.5) is 5.13 Å². The number of esters is 1. The molecule has 0 atom stereocenters. The van der Waals surface area contributed by atoms with Crippen LogP contribution in [0.2, 0.25) is 0 Å². The van der Waals surface area contributed by atoms with E-state index in [1.165, 1.54) is 0 Å². The number of benzene rings is 3. The van der Waals surface area contributed by atoms with Crippen molar-refractivity contribution in [2.45, 2.75) is 47.1 Å². The standard InChI is InChI=1S/C34H35N3O3S/c1-5-39-33(38)26-12-14-37(15-13-26)34-36-31(21-41-34)30-16-22(2)6-11-32(30)40-20-28-9-8-27(18-23(28)3)29-10-7-25(19-35)17-24(29)4/h6-11,16-18,21,26H,5,12-15,20H2,1-4H3. The molecule has 1 aromatic heterocycles. The van der Waals surface area contributed by atoms with Crippen molar-refractivity contribution in [1.29, 1.82) is 5.26 Å². The van der Waals surface area contributed by atoms with E-state index >= 15 is 0 Å². The molecule has 0 N–H and O–H groups in total. The monoisotopic (exact) mass is 565 g/mol. The molecule has 0 amide bonds. The Hall–Kier alpha value is -4.15. The molecule has 5 rings (SSSR count).